The Morgan fingerprint density at radius 2 is 1.46 bits per heavy atom. The van der Waals surface area contributed by atoms with E-state index in [-0.39, 0.29) is 11.2 Å². The molecular formula is C36H29N3OS. The van der Waals surface area contributed by atoms with Gasteiger partial charge in [-0.05, 0) is 76.7 Å². The number of phenolic OH excluding ortho intramolecular Hbond substituents is 1. The van der Waals surface area contributed by atoms with Crippen molar-refractivity contribution in [3.8, 4) is 22.7 Å². The summed E-state index contributed by atoms with van der Waals surface area (Å²) in [5.74, 6) is 1.07. The molecule has 0 radical (unpaired) electrons. The van der Waals surface area contributed by atoms with Gasteiger partial charge in [0.05, 0.1) is 11.0 Å². The minimum absolute atomic E-state index is 0.0955. The summed E-state index contributed by atoms with van der Waals surface area (Å²) >= 11 is 1.59. The molecule has 0 bridgehead atoms. The van der Waals surface area contributed by atoms with Crippen LogP contribution in [0.4, 0.5) is 0 Å². The van der Waals surface area contributed by atoms with Crippen LogP contribution in [0.1, 0.15) is 26.3 Å². The summed E-state index contributed by atoms with van der Waals surface area (Å²) in [4.78, 5) is 10.6. The zero-order valence-corrected chi connectivity index (χ0v) is 24.0. The van der Waals surface area contributed by atoms with Gasteiger partial charge in [0.15, 0.2) is 0 Å². The average Bonchev–Trinajstić information content (AvgIpc) is 3.31. The maximum atomic E-state index is 10.8. The first-order valence-electron chi connectivity index (χ1n) is 13.7. The van der Waals surface area contributed by atoms with Crippen LogP contribution >= 0.6 is 11.8 Å². The van der Waals surface area contributed by atoms with Gasteiger partial charge in [-0.25, -0.2) is 9.97 Å². The summed E-state index contributed by atoms with van der Waals surface area (Å²) in [5.41, 5.74) is 6.38. The number of aromatic hydroxyl groups is 1. The molecule has 0 atom stereocenters. The Bertz CT molecular complexity index is 2060. The Balaban J connectivity index is 1.29. The third-order valence-electron chi connectivity index (χ3n) is 7.62. The van der Waals surface area contributed by atoms with Gasteiger partial charge in [0, 0.05) is 27.3 Å². The Hall–Kier alpha value is -4.61. The summed E-state index contributed by atoms with van der Waals surface area (Å²) in [6.07, 6.45) is 1.83. The predicted octanol–water partition coefficient (Wildman–Crippen LogP) is 9.55. The molecule has 0 saturated heterocycles. The average molecular weight is 552 g/mol. The molecule has 0 aliphatic carbocycles. The van der Waals surface area contributed by atoms with Crippen molar-refractivity contribution < 1.29 is 5.11 Å². The van der Waals surface area contributed by atoms with E-state index in [1.165, 1.54) is 16.3 Å². The van der Waals surface area contributed by atoms with Gasteiger partial charge in [0.25, 0.3) is 0 Å². The number of hydrogen-bond acceptors (Lipinski definition) is 4. The van der Waals surface area contributed by atoms with Gasteiger partial charge in [0.1, 0.15) is 22.1 Å². The lowest BCUT2D eigenvalue weighted by atomic mass is 9.86. The van der Waals surface area contributed by atoms with Gasteiger partial charge >= 0.3 is 0 Å². The molecule has 4 nitrogen and oxygen atoms in total. The fourth-order valence-electron chi connectivity index (χ4n) is 5.51. The Labute approximate surface area is 243 Å². The molecule has 3 heterocycles. The van der Waals surface area contributed by atoms with Crippen molar-refractivity contribution in [2.24, 2.45) is 0 Å². The SMILES string of the molecule is CC(C)(C)c1ccc(-c2ccc(O)c3nc(Sc4ccc5c6ccccc6n(-c6ccccn6)c5c4)ccc23)cc1. The van der Waals surface area contributed by atoms with Crippen LogP contribution in [0.15, 0.2) is 125 Å². The standard InChI is InChI=1S/C36H29N3OS/c1-36(2,3)24-13-11-23(12-14-24)26-17-19-32(40)35-29(26)18-20-34(38-35)41-25-15-16-28-27-8-4-5-9-30(27)39(31(28)22-25)33-10-6-7-21-37-33/h4-22,40H,1-3H3. The highest BCUT2D eigenvalue weighted by Crippen LogP contribution is 2.38. The van der Waals surface area contributed by atoms with Crippen LogP contribution in [0.3, 0.4) is 0 Å². The number of rotatable bonds is 4. The summed E-state index contributed by atoms with van der Waals surface area (Å²) in [6, 6.07) is 37.5. The number of aromatic nitrogens is 3. The quantitative estimate of drug-likeness (QED) is 0.237. The molecule has 7 rings (SSSR count). The molecule has 7 aromatic rings. The van der Waals surface area contributed by atoms with Crippen LogP contribution in [0, 0.1) is 0 Å². The van der Waals surface area contributed by atoms with Crippen LogP contribution in [0.25, 0.3) is 49.7 Å². The highest BCUT2D eigenvalue weighted by atomic mass is 32.2. The molecule has 0 fully saturated rings. The van der Waals surface area contributed by atoms with Crippen LogP contribution < -0.4 is 0 Å². The number of phenols is 1. The van der Waals surface area contributed by atoms with E-state index in [4.69, 9.17) is 4.98 Å². The molecule has 200 valence electrons. The van der Waals surface area contributed by atoms with Crippen molar-refractivity contribution in [3.05, 3.63) is 121 Å². The normalized spacial score (nSPS) is 12.0. The largest absolute Gasteiger partial charge is 0.506 e. The lowest BCUT2D eigenvalue weighted by Gasteiger charge is -2.19. The van der Waals surface area contributed by atoms with Gasteiger partial charge in [-0.2, -0.15) is 0 Å². The molecular weight excluding hydrogens is 522 g/mol. The van der Waals surface area contributed by atoms with E-state index in [2.05, 4.69) is 103 Å². The van der Waals surface area contributed by atoms with Crippen LogP contribution in [0.5, 0.6) is 5.75 Å². The van der Waals surface area contributed by atoms with E-state index in [1.807, 2.05) is 36.5 Å². The smallest absolute Gasteiger partial charge is 0.141 e. The van der Waals surface area contributed by atoms with Crippen LogP contribution in [-0.4, -0.2) is 19.6 Å². The second-order valence-electron chi connectivity index (χ2n) is 11.3. The third-order valence-corrected chi connectivity index (χ3v) is 8.54. The van der Waals surface area contributed by atoms with E-state index in [0.717, 1.165) is 43.3 Å². The van der Waals surface area contributed by atoms with Crippen molar-refractivity contribution in [3.63, 3.8) is 0 Å². The maximum absolute atomic E-state index is 10.8. The summed E-state index contributed by atoms with van der Waals surface area (Å²) < 4.78 is 2.21. The lowest BCUT2D eigenvalue weighted by molar-refractivity contribution is 0.480. The van der Waals surface area contributed by atoms with E-state index in [9.17, 15) is 5.11 Å². The van der Waals surface area contributed by atoms with Gasteiger partial charge in [0.2, 0.25) is 0 Å². The Kier molecular flexibility index (Phi) is 6.06. The molecule has 3 aromatic heterocycles. The number of para-hydroxylation sites is 1. The first-order chi connectivity index (χ1) is 19.9. The third kappa shape index (κ3) is 4.52. The lowest BCUT2D eigenvalue weighted by Crippen LogP contribution is -2.10. The molecule has 0 aliphatic rings. The second-order valence-corrected chi connectivity index (χ2v) is 12.4. The number of fused-ring (bicyclic) bond motifs is 4. The first kappa shape index (κ1) is 25.4. The number of pyridine rings is 2. The van der Waals surface area contributed by atoms with Crippen molar-refractivity contribution >= 4 is 44.5 Å². The molecule has 4 aromatic carbocycles. The molecule has 1 N–H and O–H groups in total. The highest BCUT2D eigenvalue weighted by molar-refractivity contribution is 7.99. The monoisotopic (exact) mass is 551 g/mol. The fourth-order valence-corrected chi connectivity index (χ4v) is 6.33. The molecule has 0 aliphatic heterocycles. The van der Waals surface area contributed by atoms with Gasteiger partial charge < -0.3 is 5.11 Å². The Morgan fingerprint density at radius 3 is 2.24 bits per heavy atom. The summed E-state index contributed by atoms with van der Waals surface area (Å²) in [5, 5.41) is 14.9. The number of benzene rings is 4. The molecule has 0 unspecified atom stereocenters. The van der Waals surface area contributed by atoms with E-state index >= 15 is 0 Å². The van der Waals surface area contributed by atoms with Gasteiger partial charge in [-0.3, -0.25) is 4.57 Å². The minimum atomic E-state index is 0.0955. The fraction of sp³-hybridized carbons (Fsp3) is 0.111. The van der Waals surface area contributed by atoms with Crippen molar-refractivity contribution in [2.45, 2.75) is 36.1 Å². The Morgan fingerprint density at radius 1 is 0.707 bits per heavy atom. The second kappa shape index (κ2) is 9.79. The van der Waals surface area contributed by atoms with Gasteiger partial charge in [-0.1, -0.05) is 87.1 Å². The van der Waals surface area contributed by atoms with E-state index < -0.39 is 0 Å². The minimum Gasteiger partial charge on any atom is -0.506 e. The first-order valence-corrected chi connectivity index (χ1v) is 14.5. The van der Waals surface area contributed by atoms with E-state index in [0.29, 0.717) is 5.52 Å². The van der Waals surface area contributed by atoms with Crippen LogP contribution in [0.2, 0.25) is 0 Å². The topological polar surface area (TPSA) is 50.9 Å². The number of hydrogen-bond donors (Lipinski definition) is 1. The zero-order valence-electron chi connectivity index (χ0n) is 23.2. The van der Waals surface area contributed by atoms with Crippen molar-refractivity contribution in [1.29, 1.82) is 0 Å². The highest BCUT2D eigenvalue weighted by Gasteiger charge is 2.16. The van der Waals surface area contributed by atoms with E-state index in [1.54, 1.807) is 17.8 Å². The molecule has 0 spiro atoms. The molecule has 0 amide bonds. The maximum Gasteiger partial charge on any atom is 0.141 e. The predicted molar refractivity (Wildman–Crippen MR) is 170 cm³/mol. The summed E-state index contributed by atoms with van der Waals surface area (Å²) in [7, 11) is 0. The molecule has 5 heteroatoms. The summed E-state index contributed by atoms with van der Waals surface area (Å²) in [6.45, 7) is 6.66. The van der Waals surface area contributed by atoms with Crippen LogP contribution in [-0.2, 0) is 5.41 Å². The van der Waals surface area contributed by atoms with Crippen molar-refractivity contribution in [2.75, 3.05) is 0 Å². The van der Waals surface area contributed by atoms with Crippen molar-refractivity contribution in [1.82, 2.24) is 14.5 Å². The zero-order chi connectivity index (χ0) is 28.1. The number of nitrogens with zero attached hydrogens (tertiary/aromatic N) is 3. The molecule has 41 heavy (non-hydrogen) atoms. The molecule has 0 saturated carbocycles. The van der Waals surface area contributed by atoms with Gasteiger partial charge in [-0.15, -0.1) is 0 Å².